The van der Waals surface area contributed by atoms with Crippen molar-refractivity contribution in [3.8, 4) is 0 Å². The van der Waals surface area contributed by atoms with Crippen LogP contribution in [0.25, 0.3) is 0 Å². The summed E-state index contributed by atoms with van der Waals surface area (Å²) in [5, 5.41) is 3.22. The molecule has 0 saturated carbocycles. The predicted octanol–water partition coefficient (Wildman–Crippen LogP) is 4.13. The van der Waals surface area contributed by atoms with Crippen molar-refractivity contribution in [2.45, 2.75) is 52.9 Å². The lowest BCUT2D eigenvalue weighted by atomic mass is 10.0. The molecule has 0 aliphatic rings. The molecule has 4 heteroatoms. The average molecular weight is 263 g/mol. The average Bonchev–Trinajstić information content (AvgIpc) is 2.28. The zero-order valence-electron chi connectivity index (χ0n) is 12.0. The lowest BCUT2D eigenvalue weighted by Crippen LogP contribution is -2.13. The van der Waals surface area contributed by atoms with E-state index in [1.54, 1.807) is 0 Å². The predicted molar refractivity (Wildman–Crippen MR) is 76.3 cm³/mol. The Kier molecular flexibility index (Phi) is 13.0. The Labute approximate surface area is 109 Å². The van der Waals surface area contributed by atoms with Gasteiger partial charge in [0.15, 0.2) is 0 Å². The zero-order valence-corrected chi connectivity index (χ0v) is 12.9. The fraction of sp³-hybridized carbons (Fsp3) is 1.00. The minimum absolute atomic E-state index is 0.502. The molecule has 104 valence electrons. The standard InChI is InChI=1S/C13H30NO2P/c1-5-15-12-14-17(4)16-11-9-7-6-8-10-13(2)3/h13-14H,5-12H2,1-4H3. The van der Waals surface area contributed by atoms with Gasteiger partial charge >= 0.3 is 0 Å². The second kappa shape index (κ2) is 12.8. The van der Waals surface area contributed by atoms with E-state index in [0.29, 0.717) is 6.73 Å². The molecule has 0 spiro atoms. The smallest absolute Gasteiger partial charge is 0.101 e. The summed E-state index contributed by atoms with van der Waals surface area (Å²) in [6.07, 6.45) is 6.54. The maximum absolute atomic E-state index is 5.69. The van der Waals surface area contributed by atoms with Gasteiger partial charge in [-0.3, -0.25) is 5.09 Å². The quantitative estimate of drug-likeness (QED) is 0.326. The number of rotatable bonds is 12. The molecule has 0 aromatic rings. The number of hydrogen-bond acceptors (Lipinski definition) is 3. The monoisotopic (exact) mass is 263 g/mol. The van der Waals surface area contributed by atoms with Crippen LogP contribution in [0.2, 0.25) is 0 Å². The van der Waals surface area contributed by atoms with Crippen LogP contribution in [0, 0.1) is 5.92 Å². The second-order valence-electron chi connectivity index (χ2n) is 4.72. The summed E-state index contributed by atoms with van der Waals surface area (Å²) in [7, 11) is -0.502. The van der Waals surface area contributed by atoms with Gasteiger partial charge in [-0.15, -0.1) is 0 Å². The van der Waals surface area contributed by atoms with Gasteiger partial charge in [0.1, 0.15) is 6.73 Å². The molecule has 3 nitrogen and oxygen atoms in total. The molecule has 0 fully saturated rings. The highest BCUT2D eigenvalue weighted by atomic mass is 31.2. The van der Waals surface area contributed by atoms with Crippen molar-refractivity contribution >= 4 is 8.30 Å². The maximum atomic E-state index is 5.69. The van der Waals surface area contributed by atoms with Gasteiger partial charge in [0, 0.05) is 6.61 Å². The van der Waals surface area contributed by atoms with Crippen LogP contribution in [0.15, 0.2) is 0 Å². The van der Waals surface area contributed by atoms with Crippen molar-refractivity contribution in [1.82, 2.24) is 5.09 Å². The highest BCUT2D eigenvalue weighted by molar-refractivity contribution is 7.49. The van der Waals surface area contributed by atoms with Crippen molar-refractivity contribution in [1.29, 1.82) is 0 Å². The van der Waals surface area contributed by atoms with Crippen molar-refractivity contribution < 1.29 is 9.26 Å². The second-order valence-corrected chi connectivity index (χ2v) is 6.29. The molecular weight excluding hydrogens is 233 g/mol. The molecule has 0 heterocycles. The van der Waals surface area contributed by atoms with E-state index in [2.05, 4.69) is 25.6 Å². The van der Waals surface area contributed by atoms with Gasteiger partial charge in [0.2, 0.25) is 0 Å². The third-order valence-corrected chi connectivity index (χ3v) is 3.70. The number of nitrogens with one attached hydrogen (secondary N) is 1. The number of hydrogen-bond donors (Lipinski definition) is 1. The number of ether oxygens (including phenoxy) is 1. The van der Waals surface area contributed by atoms with Crippen molar-refractivity contribution in [3.63, 3.8) is 0 Å². The third kappa shape index (κ3) is 14.2. The first-order chi connectivity index (χ1) is 8.16. The summed E-state index contributed by atoms with van der Waals surface area (Å²) < 4.78 is 10.9. The summed E-state index contributed by atoms with van der Waals surface area (Å²) in [5.74, 6) is 0.845. The fourth-order valence-corrected chi connectivity index (χ4v) is 2.26. The normalized spacial score (nSPS) is 13.2. The van der Waals surface area contributed by atoms with E-state index in [0.717, 1.165) is 19.1 Å². The van der Waals surface area contributed by atoms with Crippen LogP contribution in [0.5, 0.6) is 0 Å². The number of unbranched alkanes of at least 4 members (excludes halogenated alkanes) is 3. The zero-order chi connectivity index (χ0) is 12.9. The lowest BCUT2D eigenvalue weighted by molar-refractivity contribution is 0.142. The molecule has 0 aromatic carbocycles. The Morgan fingerprint density at radius 1 is 1.12 bits per heavy atom. The molecule has 0 amide bonds. The van der Waals surface area contributed by atoms with E-state index in [4.69, 9.17) is 9.26 Å². The molecule has 1 N–H and O–H groups in total. The van der Waals surface area contributed by atoms with Crippen LogP contribution in [-0.2, 0) is 9.26 Å². The molecule has 17 heavy (non-hydrogen) atoms. The van der Waals surface area contributed by atoms with E-state index in [-0.39, 0.29) is 0 Å². The van der Waals surface area contributed by atoms with Crippen LogP contribution in [-0.4, -0.2) is 26.6 Å². The van der Waals surface area contributed by atoms with Crippen LogP contribution in [0.1, 0.15) is 52.9 Å². The van der Waals surface area contributed by atoms with E-state index in [1.165, 1.54) is 32.1 Å². The van der Waals surface area contributed by atoms with Crippen LogP contribution >= 0.6 is 8.30 Å². The minimum atomic E-state index is -0.502. The summed E-state index contributed by atoms with van der Waals surface area (Å²) in [4.78, 5) is 0. The molecule has 0 radical (unpaired) electrons. The summed E-state index contributed by atoms with van der Waals surface area (Å²) in [6, 6.07) is 0. The highest BCUT2D eigenvalue weighted by Crippen LogP contribution is 2.26. The molecular formula is C13H30NO2P. The van der Waals surface area contributed by atoms with Gasteiger partial charge in [0.25, 0.3) is 0 Å². The van der Waals surface area contributed by atoms with Crippen molar-refractivity contribution in [2.75, 3.05) is 26.6 Å². The van der Waals surface area contributed by atoms with E-state index >= 15 is 0 Å². The van der Waals surface area contributed by atoms with Gasteiger partial charge in [-0.05, 0) is 25.9 Å². The molecule has 1 unspecified atom stereocenters. The summed E-state index contributed by atoms with van der Waals surface area (Å²) in [6.45, 7) is 10.9. The Hall–Kier alpha value is 0.310. The van der Waals surface area contributed by atoms with Crippen LogP contribution in [0.3, 0.4) is 0 Å². The third-order valence-electron chi connectivity index (χ3n) is 2.55. The largest absolute Gasteiger partial charge is 0.366 e. The molecule has 0 saturated heterocycles. The van der Waals surface area contributed by atoms with E-state index < -0.39 is 8.30 Å². The first-order valence-corrected chi connectivity index (χ1v) is 8.55. The minimum Gasteiger partial charge on any atom is -0.366 e. The van der Waals surface area contributed by atoms with Crippen LogP contribution in [0.4, 0.5) is 0 Å². The molecule has 0 rings (SSSR count). The highest BCUT2D eigenvalue weighted by Gasteiger charge is 2.00. The molecule has 0 bridgehead atoms. The van der Waals surface area contributed by atoms with Gasteiger partial charge < -0.3 is 9.26 Å². The first-order valence-electron chi connectivity index (χ1n) is 6.84. The summed E-state index contributed by atoms with van der Waals surface area (Å²) >= 11 is 0. The SMILES string of the molecule is CCOCNP(C)OCCCCCCC(C)C. The van der Waals surface area contributed by atoms with E-state index in [9.17, 15) is 0 Å². The molecule has 1 atom stereocenters. The van der Waals surface area contributed by atoms with Gasteiger partial charge in [0.05, 0.1) is 14.9 Å². The Bertz CT molecular complexity index is 156. The Morgan fingerprint density at radius 2 is 1.82 bits per heavy atom. The Morgan fingerprint density at radius 3 is 2.47 bits per heavy atom. The molecule has 0 aromatic heterocycles. The van der Waals surface area contributed by atoms with Gasteiger partial charge in [-0.2, -0.15) is 0 Å². The Balaban J connectivity index is 3.11. The van der Waals surface area contributed by atoms with Crippen molar-refractivity contribution in [2.24, 2.45) is 5.92 Å². The first kappa shape index (κ1) is 17.3. The van der Waals surface area contributed by atoms with Crippen molar-refractivity contribution in [3.05, 3.63) is 0 Å². The van der Waals surface area contributed by atoms with Gasteiger partial charge in [-0.25, -0.2) is 0 Å². The maximum Gasteiger partial charge on any atom is 0.101 e. The summed E-state index contributed by atoms with van der Waals surface area (Å²) in [5.41, 5.74) is 0. The molecule has 0 aliphatic carbocycles. The van der Waals surface area contributed by atoms with Crippen LogP contribution < -0.4 is 5.09 Å². The van der Waals surface area contributed by atoms with Gasteiger partial charge in [-0.1, -0.05) is 39.5 Å². The lowest BCUT2D eigenvalue weighted by Gasteiger charge is -2.14. The topological polar surface area (TPSA) is 30.5 Å². The fourth-order valence-electron chi connectivity index (χ4n) is 1.49. The van der Waals surface area contributed by atoms with E-state index in [1.807, 2.05) is 6.92 Å². The molecule has 0 aliphatic heterocycles.